The van der Waals surface area contributed by atoms with Crippen LogP contribution in [-0.4, -0.2) is 108 Å². The highest BCUT2D eigenvalue weighted by molar-refractivity contribution is 5.81. The number of aromatic hydroxyl groups is 3. The van der Waals surface area contributed by atoms with Gasteiger partial charge in [-0.05, 0) is 31.2 Å². The van der Waals surface area contributed by atoms with Gasteiger partial charge in [0.1, 0.15) is 65.9 Å². The molecule has 222 valence electrons. The molecule has 0 amide bonds. The number of aliphatic hydroxyl groups excluding tert-OH is 6. The average molecular weight is 579 g/mol. The Balaban J connectivity index is 1.55. The van der Waals surface area contributed by atoms with Gasteiger partial charge in [0.15, 0.2) is 23.2 Å². The monoisotopic (exact) mass is 578 g/mol. The predicted molar refractivity (Wildman–Crippen MR) is 137 cm³/mol. The van der Waals surface area contributed by atoms with Crippen molar-refractivity contribution < 1.29 is 64.6 Å². The van der Waals surface area contributed by atoms with E-state index in [1.165, 1.54) is 31.2 Å². The molecule has 2 saturated heterocycles. The van der Waals surface area contributed by atoms with Gasteiger partial charge in [0, 0.05) is 23.3 Å². The highest BCUT2D eigenvalue weighted by atomic mass is 16.7. The van der Waals surface area contributed by atoms with E-state index < -0.39 is 84.8 Å². The van der Waals surface area contributed by atoms with Gasteiger partial charge in [-0.2, -0.15) is 0 Å². The second-order valence-corrected chi connectivity index (χ2v) is 10.1. The number of phenolic OH excluding ortho intramolecular Hbond substituents is 3. The number of ether oxygens (including phenoxy) is 3. The van der Waals surface area contributed by atoms with Crippen molar-refractivity contribution in [3.63, 3.8) is 0 Å². The lowest BCUT2D eigenvalue weighted by Gasteiger charge is -2.46. The Bertz CT molecular complexity index is 1470. The zero-order chi connectivity index (χ0) is 29.7. The second kappa shape index (κ2) is 11.2. The summed E-state index contributed by atoms with van der Waals surface area (Å²) in [5, 5.41) is 92.1. The lowest BCUT2D eigenvalue weighted by Crippen LogP contribution is -2.61. The molecule has 0 spiro atoms. The quantitative estimate of drug-likeness (QED) is 0.164. The number of phenols is 3. The third-order valence-corrected chi connectivity index (χ3v) is 7.41. The van der Waals surface area contributed by atoms with E-state index in [-0.39, 0.29) is 33.6 Å². The van der Waals surface area contributed by atoms with E-state index in [0.717, 1.165) is 12.1 Å². The number of hydrogen-bond acceptors (Lipinski definition) is 14. The van der Waals surface area contributed by atoms with Crippen LogP contribution in [0.5, 0.6) is 17.2 Å². The molecule has 2 aliphatic rings. The summed E-state index contributed by atoms with van der Waals surface area (Å²) < 4.78 is 22.8. The van der Waals surface area contributed by atoms with E-state index in [2.05, 4.69) is 0 Å². The first kappa shape index (κ1) is 29.2. The normalized spacial score (nSPS) is 34.1. The molecule has 2 aromatic carbocycles. The summed E-state index contributed by atoms with van der Waals surface area (Å²) in [5.41, 5.74) is -0.471. The largest absolute Gasteiger partial charge is 0.507 e. The third kappa shape index (κ3) is 5.25. The van der Waals surface area contributed by atoms with Crippen molar-refractivity contribution in [2.75, 3.05) is 6.61 Å². The third-order valence-electron chi connectivity index (χ3n) is 7.41. The van der Waals surface area contributed by atoms with Gasteiger partial charge in [0.2, 0.25) is 0 Å². The molecule has 3 heterocycles. The van der Waals surface area contributed by atoms with Crippen LogP contribution in [0, 0.1) is 0 Å². The van der Waals surface area contributed by atoms with Crippen LogP contribution in [0.15, 0.2) is 45.6 Å². The van der Waals surface area contributed by atoms with Crippen LogP contribution in [0.3, 0.4) is 0 Å². The summed E-state index contributed by atoms with van der Waals surface area (Å²) in [6.07, 6.45) is -15.3. The molecule has 2 aliphatic heterocycles. The maximum Gasteiger partial charge on any atom is 0.193 e. The zero-order valence-corrected chi connectivity index (χ0v) is 21.5. The Kier molecular flexibility index (Phi) is 7.95. The van der Waals surface area contributed by atoms with Gasteiger partial charge < -0.3 is 64.6 Å². The molecular weight excluding hydrogens is 548 g/mol. The SMILES string of the molecule is C[C@H]1O[C@H](O[C@@H]2[C@@H](O)[C@H](O)[C@@H](CO)O[C@H]2c2cc3c(=O)cc(-c4ccc(O)c(O)c4)oc3cc2O)[C@@H](O)[C@@H](O)[C@@H]1O. The van der Waals surface area contributed by atoms with E-state index in [9.17, 15) is 50.8 Å². The number of hydrogen-bond donors (Lipinski definition) is 9. The van der Waals surface area contributed by atoms with Gasteiger partial charge in [-0.3, -0.25) is 4.79 Å². The standard InChI is InChI=1S/C27H30O14/c1-9-20(33)22(35)24(37)27(38-9)41-26-23(36)21(34)19(8-28)40-25(26)12-5-11-14(30)6-17(39-18(11)7-15(12)31)10-2-3-13(29)16(32)4-10/h2-7,9,19-29,31-37H,8H2,1H3/t9-,19-,20-,21-,22+,23+,24+,25+,26-,27-/m1/s1. The fourth-order valence-electron chi connectivity index (χ4n) is 5.03. The number of fused-ring (bicyclic) bond motifs is 1. The molecule has 0 aliphatic carbocycles. The molecule has 0 unspecified atom stereocenters. The lowest BCUT2D eigenvalue weighted by atomic mass is 9.89. The van der Waals surface area contributed by atoms with E-state index in [4.69, 9.17) is 18.6 Å². The van der Waals surface area contributed by atoms with Crippen LogP contribution in [0.4, 0.5) is 0 Å². The topological polar surface area (TPSA) is 240 Å². The van der Waals surface area contributed by atoms with Gasteiger partial charge in [-0.1, -0.05) is 0 Å². The molecule has 41 heavy (non-hydrogen) atoms. The molecule has 1 aromatic heterocycles. The first-order chi connectivity index (χ1) is 19.4. The Morgan fingerprint density at radius 3 is 2.22 bits per heavy atom. The van der Waals surface area contributed by atoms with E-state index in [0.29, 0.717) is 0 Å². The van der Waals surface area contributed by atoms with Gasteiger partial charge in [0.25, 0.3) is 0 Å². The maximum absolute atomic E-state index is 13.1. The smallest absolute Gasteiger partial charge is 0.193 e. The number of benzene rings is 2. The van der Waals surface area contributed by atoms with Gasteiger partial charge >= 0.3 is 0 Å². The minimum atomic E-state index is -1.77. The van der Waals surface area contributed by atoms with Crippen molar-refractivity contribution in [2.45, 2.75) is 68.1 Å². The molecule has 0 radical (unpaired) electrons. The van der Waals surface area contributed by atoms with E-state index >= 15 is 0 Å². The Morgan fingerprint density at radius 2 is 1.54 bits per heavy atom. The van der Waals surface area contributed by atoms with Crippen LogP contribution in [0.2, 0.25) is 0 Å². The van der Waals surface area contributed by atoms with Gasteiger partial charge in [0.05, 0.1) is 18.1 Å². The average Bonchev–Trinajstić information content (AvgIpc) is 2.94. The molecule has 5 rings (SSSR count). The van der Waals surface area contributed by atoms with Crippen molar-refractivity contribution >= 4 is 11.0 Å². The molecule has 0 saturated carbocycles. The molecule has 2 fully saturated rings. The van der Waals surface area contributed by atoms with Crippen LogP contribution in [0.1, 0.15) is 18.6 Å². The Morgan fingerprint density at radius 1 is 0.805 bits per heavy atom. The van der Waals surface area contributed by atoms with Crippen molar-refractivity contribution in [2.24, 2.45) is 0 Å². The van der Waals surface area contributed by atoms with Gasteiger partial charge in [-0.15, -0.1) is 0 Å². The highest BCUT2D eigenvalue weighted by Crippen LogP contribution is 2.41. The first-order valence-electron chi connectivity index (χ1n) is 12.7. The molecule has 3 aromatic rings. The fourth-order valence-corrected chi connectivity index (χ4v) is 5.03. The van der Waals surface area contributed by atoms with Crippen LogP contribution >= 0.6 is 0 Å². The summed E-state index contributed by atoms with van der Waals surface area (Å²) in [4.78, 5) is 13.1. The minimum absolute atomic E-state index is 0.0252. The summed E-state index contributed by atoms with van der Waals surface area (Å²) in [5.74, 6) is -1.27. The van der Waals surface area contributed by atoms with Gasteiger partial charge in [-0.25, -0.2) is 0 Å². The van der Waals surface area contributed by atoms with E-state index in [1.54, 1.807) is 0 Å². The first-order valence-corrected chi connectivity index (χ1v) is 12.7. The molecule has 14 nitrogen and oxygen atoms in total. The number of rotatable bonds is 5. The van der Waals surface area contributed by atoms with Crippen molar-refractivity contribution in [3.05, 3.63) is 52.2 Å². The minimum Gasteiger partial charge on any atom is -0.507 e. The summed E-state index contributed by atoms with van der Waals surface area (Å²) in [7, 11) is 0. The molecule has 9 N–H and O–H groups in total. The van der Waals surface area contributed by atoms with Crippen molar-refractivity contribution in [1.82, 2.24) is 0 Å². The summed E-state index contributed by atoms with van der Waals surface area (Å²) in [6, 6.07) is 7.25. The second-order valence-electron chi connectivity index (χ2n) is 10.1. The Labute approximate surface area is 231 Å². The molecule has 0 bridgehead atoms. The zero-order valence-electron chi connectivity index (χ0n) is 21.5. The van der Waals surface area contributed by atoms with Crippen LogP contribution < -0.4 is 5.43 Å². The highest BCUT2D eigenvalue weighted by Gasteiger charge is 2.50. The summed E-state index contributed by atoms with van der Waals surface area (Å²) in [6.45, 7) is 0.686. The van der Waals surface area contributed by atoms with Crippen LogP contribution in [0.25, 0.3) is 22.3 Å². The molecule has 10 atom stereocenters. The van der Waals surface area contributed by atoms with Crippen molar-refractivity contribution in [1.29, 1.82) is 0 Å². The number of aliphatic hydroxyl groups is 6. The summed E-state index contributed by atoms with van der Waals surface area (Å²) >= 11 is 0. The Hall–Kier alpha value is -3.31. The lowest BCUT2D eigenvalue weighted by molar-refractivity contribution is -0.338. The predicted octanol–water partition coefficient (Wildman–Crippen LogP) is -1.06. The molecular formula is C27H30O14. The molecule has 14 heteroatoms. The van der Waals surface area contributed by atoms with Crippen molar-refractivity contribution in [3.8, 4) is 28.6 Å². The maximum atomic E-state index is 13.1. The fraction of sp³-hybridized carbons (Fsp3) is 0.444. The van der Waals surface area contributed by atoms with Crippen LogP contribution in [-0.2, 0) is 14.2 Å². The van der Waals surface area contributed by atoms with E-state index in [1.807, 2.05) is 0 Å².